The van der Waals surface area contributed by atoms with Gasteiger partial charge in [-0.15, -0.1) is 0 Å². The van der Waals surface area contributed by atoms with Gasteiger partial charge in [0.2, 0.25) is 17.7 Å². The first-order valence-corrected chi connectivity index (χ1v) is 9.67. The largest absolute Gasteiger partial charge is 0.497 e. The number of hydrogen-bond donors (Lipinski definition) is 0. The molecule has 2 fully saturated rings. The van der Waals surface area contributed by atoms with E-state index < -0.39 is 17.7 Å². The third-order valence-electron chi connectivity index (χ3n) is 5.37. The van der Waals surface area contributed by atoms with Crippen LogP contribution in [0.1, 0.15) is 12.0 Å². The number of hydrogen-bond acceptors (Lipinski definition) is 5. The van der Waals surface area contributed by atoms with E-state index in [-0.39, 0.29) is 30.2 Å². The zero-order valence-corrected chi connectivity index (χ0v) is 16.6. The standard InChI is InChI=1S/C21H20F3N3O4/c1-30-16-5-3-15(4-6-16)27-10-13(8-19(27)28)20(29)26-11-17(12-26)31-18-7-2-14(9-25-18)21(22,23)24/h2-7,9,13,17H,8,10-12H2,1H3. The highest BCUT2D eigenvalue weighted by Crippen LogP contribution is 2.31. The number of anilines is 1. The summed E-state index contributed by atoms with van der Waals surface area (Å²) >= 11 is 0. The van der Waals surface area contributed by atoms with Gasteiger partial charge in [-0.25, -0.2) is 4.98 Å². The van der Waals surface area contributed by atoms with Crippen molar-refractivity contribution in [1.29, 1.82) is 0 Å². The zero-order valence-electron chi connectivity index (χ0n) is 16.6. The Balaban J connectivity index is 1.29. The minimum absolute atomic E-state index is 0.0758. The molecule has 0 spiro atoms. The Labute approximate surface area is 176 Å². The molecule has 0 radical (unpaired) electrons. The molecule has 2 aliphatic rings. The second-order valence-corrected chi connectivity index (χ2v) is 7.47. The number of carbonyl (C=O) groups excluding carboxylic acids is 2. The van der Waals surface area contributed by atoms with Gasteiger partial charge >= 0.3 is 6.18 Å². The molecule has 1 atom stereocenters. The Kier molecular flexibility index (Phi) is 5.47. The fourth-order valence-electron chi connectivity index (χ4n) is 3.62. The molecule has 31 heavy (non-hydrogen) atoms. The average molecular weight is 435 g/mol. The van der Waals surface area contributed by atoms with Crippen LogP contribution in [0.3, 0.4) is 0 Å². The van der Waals surface area contributed by atoms with Crippen molar-refractivity contribution in [2.24, 2.45) is 5.92 Å². The number of methoxy groups -OCH3 is 1. The van der Waals surface area contributed by atoms with Gasteiger partial charge < -0.3 is 19.3 Å². The molecular formula is C21H20F3N3O4. The van der Waals surface area contributed by atoms with Gasteiger partial charge in [0.05, 0.1) is 31.7 Å². The molecule has 4 rings (SSSR count). The average Bonchev–Trinajstić information content (AvgIpc) is 3.11. The summed E-state index contributed by atoms with van der Waals surface area (Å²) in [5.41, 5.74) is -0.142. The third-order valence-corrected chi connectivity index (χ3v) is 5.37. The Morgan fingerprint density at radius 3 is 2.39 bits per heavy atom. The van der Waals surface area contributed by atoms with Gasteiger partial charge in [-0.1, -0.05) is 0 Å². The molecular weight excluding hydrogens is 415 g/mol. The summed E-state index contributed by atoms with van der Waals surface area (Å²) in [7, 11) is 1.56. The van der Waals surface area contributed by atoms with Gasteiger partial charge in [-0.05, 0) is 30.3 Å². The van der Waals surface area contributed by atoms with Crippen LogP contribution in [0.4, 0.5) is 18.9 Å². The number of halogens is 3. The number of rotatable bonds is 5. The Hall–Kier alpha value is -3.30. The monoisotopic (exact) mass is 435 g/mol. The van der Waals surface area contributed by atoms with Crippen molar-refractivity contribution in [1.82, 2.24) is 9.88 Å². The summed E-state index contributed by atoms with van der Waals surface area (Å²) in [5, 5.41) is 0. The molecule has 0 aliphatic carbocycles. The van der Waals surface area contributed by atoms with Crippen molar-refractivity contribution in [3.8, 4) is 11.6 Å². The highest BCUT2D eigenvalue weighted by Gasteiger charge is 2.41. The van der Waals surface area contributed by atoms with E-state index in [0.29, 0.717) is 31.1 Å². The van der Waals surface area contributed by atoms with Crippen molar-refractivity contribution < 1.29 is 32.2 Å². The maximum Gasteiger partial charge on any atom is 0.417 e. The lowest BCUT2D eigenvalue weighted by molar-refractivity contribution is -0.144. The summed E-state index contributed by atoms with van der Waals surface area (Å²) < 4.78 is 48.4. The van der Waals surface area contributed by atoms with Gasteiger partial charge in [-0.2, -0.15) is 13.2 Å². The number of ether oxygens (including phenoxy) is 2. The minimum Gasteiger partial charge on any atom is -0.497 e. The van der Waals surface area contributed by atoms with E-state index in [2.05, 4.69) is 4.98 Å². The van der Waals surface area contributed by atoms with E-state index in [4.69, 9.17) is 9.47 Å². The fourth-order valence-corrected chi connectivity index (χ4v) is 3.62. The van der Waals surface area contributed by atoms with Gasteiger partial charge in [-0.3, -0.25) is 9.59 Å². The lowest BCUT2D eigenvalue weighted by atomic mass is 10.0. The summed E-state index contributed by atoms with van der Waals surface area (Å²) in [4.78, 5) is 32.0. The predicted molar refractivity (Wildman–Crippen MR) is 104 cm³/mol. The number of amides is 2. The topological polar surface area (TPSA) is 72.0 Å². The van der Waals surface area contributed by atoms with Crippen LogP contribution in [0.5, 0.6) is 11.6 Å². The molecule has 0 N–H and O–H groups in total. The van der Waals surface area contributed by atoms with Crippen molar-refractivity contribution in [3.63, 3.8) is 0 Å². The molecule has 1 unspecified atom stereocenters. The molecule has 2 saturated heterocycles. The normalized spacial score (nSPS) is 19.4. The summed E-state index contributed by atoms with van der Waals surface area (Å²) in [6, 6.07) is 9.12. The smallest absolute Gasteiger partial charge is 0.417 e. The van der Waals surface area contributed by atoms with E-state index in [1.165, 1.54) is 0 Å². The fraction of sp³-hybridized carbons (Fsp3) is 0.381. The SMILES string of the molecule is COc1ccc(N2CC(C(=O)N3CC(Oc4ccc(C(F)(F)F)cn4)C3)CC2=O)cc1. The number of aromatic nitrogens is 1. The Morgan fingerprint density at radius 1 is 1.10 bits per heavy atom. The maximum atomic E-state index is 12.7. The highest BCUT2D eigenvalue weighted by atomic mass is 19.4. The summed E-state index contributed by atoms with van der Waals surface area (Å²) in [6.45, 7) is 0.899. The van der Waals surface area contributed by atoms with Crippen LogP contribution in [0, 0.1) is 5.92 Å². The third kappa shape index (κ3) is 4.42. The maximum absolute atomic E-state index is 12.7. The molecule has 3 heterocycles. The Bertz CT molecular complexity index is 957. The van der Waals surface area contributed by atoms with Crippen LogP contribution in [-0.2, 0) is 15.8 Å². The van der Waals surface area contributed by atoms with Crippen molar-refractivity contribution >= 4 is 17.5 Å². The minimum atomic E-state index is -4.45. The summed E-state index contributed by atoms with van der Waals surface area (Å²) in [6.07, 6.45) is -3.95. The molecule has 10 heteroatoms. The van der Waals surface area contributed by atoms with Crippen LogP contribution in [-0.4, -0.2) is 54.5 Å². The lowest BCUT2D eigenvalue weighted by Gasteiger charge is -2.39. The van der Waals surface area contributed by atoms with Crippen LogP contribution in [0.25, 0.3) is 0 Å². The summed E-state index contributed by atoms with van der Waals surface area (Å²) in [5.74, 6) is 0.0548. The quantitative estimate of drug-likeness (QED) is 0.722. The van der Waals surface area contributed by atoms with Crippen LogP contribution < -0.4 is 14.4 Å². The molecule has 2 aromatic rings. The van der Waals surface area contributed by atoms with E-state index in [9.17, 15) is 22.8 Å². The molecule has 7 nitrogen and oxygen atoms in total. The highest BCUT2D eigenvalue weighted by molar-refractivity contribution is 6.00. The van der Waals surface area contributed by atoms with E-state index in [0.717, 1.165) is 18.3 Å². The predicted octanol–water partition coefficient (Wildman–Crippen LogP) is 2.75. The lowest BCUT2D eigenvalue weighted by Crippen LogP contribution is -2.57. The van der Waals surface area contributed by atoms with Crippen molar-refractivity contribution in [3.05, 3.63) is 48.2 Å². The molecule has 1 aromatic heterocycles. The first-order valence-electron chi connectivity index (χ1n) is 9.67. The van der Waals surface area contributed by atoms with E-state index in [1.54, 1.807) is 41.2 Å². The van der Waals surface area contributed by atoms with Gasteiger partial charge in [0, 0.05) is 30.9 Å². The van der Waals surface area contributed by atoms with Gasteiger partial charge in [0.1, 0.15) is 11.9 Å². The van der Waals surface area contributed by atoms with Gasteiger partial charge in [0.25, 0.3) is 0 Å². The molecule has 164 valence electrons. The zero-order chi connectivity index (χ0) is 22.2. The van der Waals surface area contributed by atoms with Crippen molar-refractivity contribution in [2.45, 2.75) is 18.7 Å². The van der Waals surface area contributed by atoms with E-state index in [1.807, 2.05) is 0 Å². The molecule has 1 aromatic carbocycles. The Morgan fingerprint density at radius 2 is 1.81 bits per heavy atom. The number of alkyl halides is 3. The van der Waals surface area contributed by atoms with Crippen LogP contribution in [0.2, 0.25) is 0 Å². The van der Waals surface area contributed by atoms with Crippen LogP contribution >= 0.6 is 0 Å². The first-order chi connectivity index (χ1) is 14.7. The van der Waals surface area contributed by atoms with Gasteiger partial charge in [0.15, 0.2) is 0 Å². The number of benzene rings is 1. The number of pyridine rings is 1. The molecule has 2 amide bonds. The second kappa shape index (κ2) is 8.09. The second-order valence-electron chi connectivity index (χ2n) is 7.47. The van der Waals surface area contributed by atoms with E-state index >= 15 is 0 Å². The first kappa shape index (κ1) is 21.0. The molecule has 0 saturated carbocycles. The number of carbonyl (C=O) groups is 2. The molecule has 0 bridgehead atoms. The van der Waals surface area contributed by atoms with Crippen LogP contribution in [0.15, 0.2) is 42.6 Å². The number of likely N-dealkylation sites (tertiary alicyclic amines) is 1. The van der Waals surface area contributed by atoms with Crippen molar-refractivity contribution in [2.75, 3.05) is 31.6 Å². The number of nitrogens with zero attached hydrogens (tertiary/aromatic N) is 3. The molecule has 2 aliphatic heterocycles.